The summed E-state index contributed by atoms with van der Waals surface area (Å²) in [6, 6.07) is 11.6. The van der Waals surface area contributed by atoms with Gasteiger partial charge in [0.05, 0.1) is 12.1 Å². The number of ether oxygens (including phenoxy) is 2. The number of hydrogen-bond donors (Lipinski definition) is 1. The summed E-state index contributed by atoms with van der Waals surface area (Å²) >= 11 is 3.22. The van der Waals surface area contributed by atoms with Crippen LogP contribution < -0.4 is 10.1 Å². The van der Waals surface area contributed by atoms with Crippen LogP contribution in [0.5, 0.6) is 5.75 Å². The Morgan fingerprint density at radius 3 is 2.55 bits per heavy atom. The number of carbonyl (C=O) groups excluding carboxylic acids is 2. The van der Waals surface area contributed by atoms with Crippen LogP contribution in [0, 0.1) is 0 Å². The van der Waals surface area contributed by atoms with E-state index in [1.807, 2.05) is 12.1 Å². The summed E-state index contributed by atoms with van der Waals surface area (Å²) in [6.45, 7) is 0.257. The van der Waals surface area contributed by atoms with Crippen LogP contribution in [0.4, 0.5) is 18.9 Å². The van der Waals surface area contributed by atoms with Crippen LogP contribution in [0.1, 0.15) is 15.9 Å². The molecule has 3 rings (SSSR count). The topological polar surface area (TPSA) is 77.0 Å². The van der Waals surface area contributed by atoms with Crippen LogP contribution in [0.15, 0.2) is 53.5 Å². The third kappa shape index (κ3) is 7.51. The quantitative estimate of drug-likeness (QED) is 0.591. The first-order chi connectivity index (χ1) is 14.8. The molecule has 164 valence electrons. The van der Waals surface area contributed by atoms with E-state index in [-0.39, 0.29) is 5.69 Å². The van der Waals surface area contributed by atoms with E-state index in [4.69, 9.17) is 4.74 Å². The molecule has 1 amide bonds. The molecule has 2 aromatic carbocycles. The van der Waals surface area contributed by atoms with Gasteiger partial charge in [0.15, 0.2) is 6.61 Å². The summed E-state index contributed by atoms with van der Waals surface area (Å²) in [4.78, 5) is 28.8. The molecule has 1 heterocycles. The monoisotopic (exact) mass is 470 g/mol. The number of carbonyl (C=O) groups is 2. The molecule has 0 unspecified atom stereocenters. The molecule has 1 aliphatic rings. The van der Waals surface area contributed by atoms with Crippen molar-refractivity contribution in [2.75, 3.05) is 24.2 Å². The molecule has 0 radical (unpaired) electrons. The van der Waals surface area contributed by atoms with Crippen molar-refractivity contribution in [2.24, 2.45) is 4.99 Å². The Morgan fingerprint density at radius 1 is 1.13 bits per heavy atom. The van der Waals surface area contributed by atoms with Gasteiger partial charge in [-0.3, -0.25) is 9.79 Å². The van der Waals surface area contributed by atoms with Gasteiger partial charge in [-0.15, -0.1) is 13.2 Å². The second kappa shape index (κ2) is 10.6. The summed E-state index contributed by atoms with van der Waals surface area (Å²) < 4.78 is 46.4. The number of nitrogens with zero attached hydrogens (tertiary/aromatic N) is 1. The summed E-state index contributed by atoms with van der Waals surface area (Å²) in [7, 11) is 0. The lowest BCUT2D eigenvalue weighted by atomic mass is 10.1. The molecule has 6 nitrogen and oxygen atoms in total. The zero-order valence-corrected chi connectivity index (χ0v) is 17.6. The lowest BCUT2D eigenvalue weighted by Gasteiger charge is -2.11. The average Bonchev–Trinajstić information content (AvgIpc) is 3.25. The Balaban J connectivity index is 1.50. The number of thioether (sulfide) groups is 2. The van der Waals surface area contributed by atoms with E-state index in [2.05, 4.69) is 15.0 Å². The van der Waals surface area contributed by atoms with Gasteiger partial charge >= 0.3 is 12.3 Å². The maximum atomic E-state index is 12.4. The largest absolute Gasteiger partial charge is 0.573 e. The summed E-state index contributed by atoms with van der Waals surface area (Å²) in [5, 5.41) is 2.44. The van der Waals surface area contributed by atoms with Gasteiger partial charge in [-0.1, -0.05) is 41.7 Å². The second-order valence-corrected chi connectivity index (χ2v) is 8.44. The van der Waals surface area contributed by atoms with E-state index in [0.29, 0.717) is 11.3 Å². The van der Waals surface area contributed by atoms with Gasteiger partial charge in [0.2, 0.25) is 0 Å². The van der Waals surface area contributed by atoms with Gasteiger partial charge < -0.3 is 14.8 Å². The minimum absolute atomic E-state index is 0.238. The standard InChI is InChI=1S/C20H17F3N2O4S2/c21-20(22,23)29-15-7-5-14(6-8-15)25-17(26)11-28-18(27)16-4-2-1-3-13(16)12-31-19-24-9-10-30-19/h1-8H,9-12H2,(H,25,26). The van der Waals surface area contributed by atoms with Crippen molar-refractivity contribution >= 4 is 45.5 Å². The summed E-state index contributed by atoms with van der Waals surface area (Å²) in [5.74, 6) is -0.162. The molecule has 0 aliphatic carbocycles. The first-order valence-electron chi connectivity index (χ1n) is 9.01. The fraction of sp³-hybridized carbons (Fsp3) is 0.250. The Morgan fingerprint density at radius 2 is 1.87 bits per heavy atom. The number of amides is 1. The summed E-state index contributed by atoms with van der Waals surface area (Å²) in [5.41, 5.74) is 1.37. The number of anilines is 1. The average molecular weight is 470 g/mol. The van der Waals surface area contributed by atoms with Crippen molar-refractivity contribution < 1.29 is 32.2 Å². The van der Waals surface area contributed by atoms with Crippen LogP contribution in [0.3, 0.4) is 0 Å². The van der Waals surface area contributed by atoms with Crippen LogP contribution in [0.2, 0.25) is 0 Å². The molecule has 0 atom stereocenters. The van der Waals surface area contributed by atoms with E-state index in [1.54, 1.807) is 35.7 Å². The third-order valence-electron chi connectivity index (χ3n) is 3.85. The maximum Gasteiger partial charge on any atom is 0.573 e. The number of halogens is 3. The van der Waals surface area contributed by atoms with Gasteiger partial charge in [-0.25, -0.2) is 4.79 Å². The molecule has 2 aromatic rings. The zero-order chi connectivity index (χ0) is 22.3. The number of esters is 1. The van der Waals surface area contributed by atoms with Crippen molar-refractivity contribution in [1.29, 1.82) is 0 Å². The van der Waals surface area contributed by atoms with Crippen LogP contribution in [0.25, 0.3) is 0 Å². The molecule has 0 fully saturated rings. The molecule has 0 saturated heterocycles. The highest BCUT2D eigenvalue weighted by molar-refractivity contribution is 8.38. The highest BCUT2D eigenvalue weighted by Gasteiger charge is 2.31. The molecule has 1 N–H and O–H groups in total. The highest BCUT2D eigenvalue weighted by Crippen LogP contribution is 2.27. The van der Waals surface area contributed by atoms with E-state index in [1.165, 1.54) is 12.1 Å². The van der Waals surface area contributed by atoms with Gasteiger partial charge in [-0.05, 0) is 35.9 Å². The molecule has 0 saturated carbocycles. The minimum atomic E-state index is -4.79. The fourth-order valence-electron chi connectivity index (χ4n) is 2.53. The molecule has 11 heteroatoms. The molecular weight excluding hydrogens is 453 g/mol. The SMILES string of the molecule is O=C(COC(=O)c1ccccc1CSC1=NCCS1)Nc1ccc(OC(F)(F)F)cc1. The van der Waals surface area contributed by atoms with Crippen molar-refractivity contribution in [2.45, 2.75) is 12.1 Å². The lowest BCUT2D eigenvalue weighted by Crippen LogP contribution is -2.21. The van der Waals surface area contributed by atoms with Crippen LogP contribution >= 0.6 is 23.5 Å². The number of nitrogens with one attached hydrogen (secondary N) is 1. The number of rotatable bonds is 7. The Bertz CT molecular complexity index is 966. The number of aliphatic imine (C=N–C) groups is 1. The smallest absolute Gasteiger partial charge is 0.452 e. The highest BCUT2D eigenvalue weighted by atomic mass is 32.2. The molecule has 1 aliphatic heterocycles. The normalized spacial score (nSPS) is 13.5. The Hall–Kier alpha value is -2.66. The Kier molecular flexibility index (Phi) is 7.85. The van der Waals surface area contributed by atoms with Crippen LogP contribution in [-0.2, 0) is 15.3 Å². The van der Waals surface area contributed by atoms with Gasteiger partial charge in [0.1, 0.15) is 10.1 Å². The number of alkyl halides is 3. The van der Waals surface area contributed by atoms with Gasteiger partial charge in [0.25, 0.3) is 5.91 Å². The van der Waals surface area contributed by atoms with Crippen molar-refractivity contribution in [3.63, 3.8) is 0 Å². The van der Waals surface area contributed by atoms with Crippen molar-refractivity contribution in [3.8, 4) is 5.75 Å². The van der Waals surface area contributed by atoms with Crippen LogP contribution in [-0.4, -0.2) is 41.5 Å². The number of hydrogen-bond acceptors (Lipinski definition) is 7. The molecule has 31 heavy (non-hydrogen) atoms. The predicted octanol–water partition coefficient (Wildman–Crippen LogP) is 4.72. The van der Waals surface area contributed by atoms with E-state index in [0.717, 1.165) is 34.4 Å². The van der Waals surface area contributed by atoms with E-state index in [9.17, 15) is 22.8 Å². The summed E-state index contributed by atoms with van der Waals surface area (Å²) in [6.07, 6.45) is -4.79. The molecule has 0 aromatic heterocycles. The van der Waals surface area contributed by atoms with E-state index >= 15 is 0 Å². The van der Waals surface area contributed by atoms with E-state index < -0.39 is 30.6 Å². The third-order valence-corrected chi connectivity index (χ3v) is 6.15. The van der Waals surface area contributed by atoms with Gasteiger partial charge in [0, 0.05) is 17.2 Å². The van der Waals surface area contributed by atoms with Crippen molar-refractivity contribution in [3.05, 3.63) is 59.7 Å². The van der Waals surface area contributed by atoms with Gasteiger partial charge in [-0.2, -0.15) is 0 Å². The molecule has 0 bridgehead atoms. The zero-order valence-electron chi connectivity index (χ0n) is 16.0. The molecule has 0 spiro atoms. The van der Waals surface area contributed by atoms with Crippen molar-refractivity contribution in [1.82, 2.24) is 0 Å². The lowest BCUT2D eigenvalue weighted by molar-refractivity contribution is -0.274. The number of benzene rings is 2. The molecular formula is C20H17F3N2O4S2. The fourth-order valence-corrected chi connectivity index (χ4v) is 4.55. The Labute approximate surface area is 184 Å². The maximum absolute atomic E-state index is 12.4. The predicted molar refractivity (Wildman–Crippen MR) is 115 cm³/mol. The second-order valence-electron chi connectivity index (χ2n) is 6.14. The minimum Gasteiger partial charge on any atom is -0.452 e. The first kappa shape index (κ1) is 23.0. The first-order valence-corrected chi connectivity index (χ1v) is 11.0.